The van der Waals surface area contributed by atoms with E-state index in [0.717, 1.165) is 17.7 Å². The summed E-state index contributed by atoms with van der Waals surface area (Å²) in [6.07, 6.45) is 20.5. The number of benzene rings is 2. The third-order valence-electron chi connectivity index (χ3n) is 7.78. The molecule has 1 saturated carbocycles. The van der Waals surface area contributed by atoms with E-state index in [1.807, 2.05) is 0 Å². The van der Waals surface area contributed by atoms with E-state index in [-0.39, 0.29) is 11.3 Å². The average molecular weight is 522 g/mol. The van der Waals surface area contributed by atoms with Crippen LogP contribution < -0.4 is 9.47 Å². The van der Waals surface area contributed by atoms with Crippen LogP contribution in [-0.2, 0) is 0 Å². The molecule has 0 aromatic heterocycles. The maximum Gasteiger partial charge on any atom is 0.343 e. The molecular formula is C33H44FNO3. The number of nitrogens with zero attached hydrogens (tertiary/aromatic N) is 1. The van der Waals surface area contributed by atoms with Gasteiger partial charge < -0.3 is 9.47 Å². The van der Waals surface area contributed by atoms with Gasteiger partial charge in [-0.25, -0.2) is 9.18 Å². The molecule has 0 atom stereocenters. The van der Waals surface area contributed by atoms with E-state index in [4.69, 9.17) is 14.7 Å². The lowest BCUT2D eigenvalue weighted by atomic mass is 9.80. The fraction of sp³-hybridized carbons (Fsp3) is 0.576. The molecule has 0 saturated heterocycles. The van der Waals surface area contributed by atoms with Crippen LogP contribution in [-0.4, -0.2) is 12.6 Å². The Balaban J connectivity index is 1.26. The predicted octanol–water partition coefficient (Wildman–Crippen LogP) is 9.41. The highest BCUT2D eigenvalue weighted by Gasteiger charge is 2.21. The molecule has 1 aliphatic carbocycles. The summed E-state index contributed by atoms with van der Waals surface area (Å²) >= 11 is 0. The van der Waals surface area contributed by atoms with Gasteiger partial charge in [-0.3, -0.25) is 0 Å². The molecule has 2 aromatic rings. The number of nitriles is 1. The second kappa shape index (κ2) is 16.9. The summed E-state index contributed by atoms with van der Waals surface area (Å²) in [5.41, 5.74) is 0.267. The third-order valence-corrected chi connectivity index (χ3v) is 7.78. The van der Waals surface area contributed by atoms with E-state index in [1.165, 1.54) is 108 Å². The van der Waals surface area contributed by atoms with Crippen LogP contribution >= 0.6 is 0 Å². The van der Waals surface area contributed by atoms with Crippen molar-refractivity contribution >= 4 is 5.97 Å². The Morgan fingerprint density at radius 3 is 2.03 bits per heavy atom. The molecule has 206 valence electrons. The first kappa shape index (κ1) is 29.7. The van der Waals surface area contributed by atoms with E-state index in [9.17, 15) is 9.18 Å². The second-order valence-corrected chi connectivity index (χ2v) is 10.8. The van der Waals surface area contributed by atoms with Gasteiger partial charge in [0.25, 0.3) is 0 Å². The number of hydrogen-bond acceptors (Lipinski definition) is 4. The normalized spacial score (nSPS) is 17.1. The molecule has 3 rings (SSSR count). The fourth-order valence-corrected chi connectivity index (χ4v) is 5.32. The SMILES string of the molecule is CCCCCCCCCCCCC1CCC(COc2ccc(C(=O)Oc3ccc(C#N)c(F)c3)cc2)CC1. The molecule has 38 heavy (non-hydrogen) atoms. The van der Waals surface area contributed by atoms with E-state index >= 15 is 0 Å². The molecule has 0 amide bonds. The van der Waals surface area contributed by atoms with Crippen LogP contribution in [0.1, 0.15) is 119 Å². The molecule has 4 nitrogen and oxygen atoms in total. The van der Waals surface area contributed by atoms with Crippen LogP contribution in [0.4, 0.5) is 4.39 Å². The zero-order chi connectivity index (χ0) is 27.0. The Morgan fingerprint density at radius 1 is 0.842 bits per heavy atom. The van der Waals surface area contributed by atoms with Crippen molar-refractivity contribution < 1.29 is 18.7 Å². The van der Waals surface area contributed by atoms with Crippen molar-refractivity contribution in [1.29, 1.82) is 5.26 Å². The van der Waals surface area contributed by atoms with Crippen molar-refractivity contribution in [2.75, 3.05) is 6.61 Å². The first-order valence-electron chi connectivity index (χ1n) is 14.7. The van der Waals surface area contributed by atoms with Gasteiger partial charge in [0.1, 0.15) is 23.4 Å². The lowest BCUT2D eigenvalue weighted by Gasteiger charge is -2.28. The Labute approximate surface area is 228 Å². The second-order valence-electron chi connectivity index (χ2n) is 10.8. The number of unbranched alkanes of at least 4 members (excludes halogenated alkanes) is 9. The Kier molecular flexibility index (Phi) is 13.2. The monoisotopic (exact) mass is 521 g/mol. The molecule has 1 aliphatic rings. The van der Waals surface area contributed by atoms with Gasteiger partial charge in [0, 0.05) is 6.07 Å². The van der Waals surface area contributed by atoms with E-state index < -0.39 is 11.8 Å². The van der Waals surface area contributed by atoms with Crippen molar-refractivity contribution in [2.24, 2.45) is 11.8 Å². The lowest BCUT2D eigenvalue weighted by molar-refractivity contribution is 0.0734. The van der Waals surface area contributed by atoms with Gasteiger partial charge in [0.05, 0.1) is 17.7 Å². The van der Waals surface area contributed by atoms with Crippen LogP contribution in [0.15, 0.2) is 42.5 Å². The van der Waals surface area contributed by atoms with Gasteiger partial charge in [0.15, 0.2) is 0 Å². The summed E-state index contributed by atoms with van der Waals surface area (Å²) in [7, 11) is 0. The molecule has 0 unspecified atom stereocenters. The highest BCUT2D eigenvalue weighted by atomic mass is 19.1. The molecule has 0 radical (unpaired) electrons. The molecule has 0 N–H and O–H groups in total. The van der Waals surface area contributed by atoms with Crippen LogP contribution in [0.2, 0.25) is 0 Å². The number of esters is 1. The number of carbonyl (C=O) groups is 1. The van der Waals surface area contributed by atoms with Crippen LogP contribution in [0, 0.1) is 29.0 Å². The molecule has 0 spiro atoms. The van der Waals surface area contributed by atoms with Gasteiger partial charge in [0.2, 0.25) is 0 Å². The fourth-order valence-electron chi connectivity index (χ4n) is 5.32. The highest BCUT2D eigenvalue weighted by molar-refractivity contribution is 5.91. The summed E-state index contributed by atoms with van der Waals surface area (Å²) in [5.74, 6) is 0.981. The molecular weight excluding hydrogens is 477 g/mol. The Hall–Kier alpha value is -2.87. The van der Waals surface area contributed by atoms with Crippen LogP contribution in [0.5, 0.6) is 11.5 Å². The number of carbonyl (C=O) groups excluding carboxylic acids is 1. The molecule has 0 heterocycles. The summed E-state index contributed by atoms with van der Waals surface area (Å²) in [5, 5.41) is 8.81. The smallest absolute Gasteiger partial charge is 0.343 e. The van der Waals surface area contributed by atoms with Crippen molar-refractivity contribution in [1.82, 2.24) is 0 Å². The number of ether oxygens (including phenoxy) is 2. The van der Waals surface area contributed by atoms with E-state index in [1.54, 1.807) is 30.3 Å². The van der Waals surface area contributed by atoms with Crippen LogP contribution in [0.3, 0.4) is 0 Å². The molecule has 2 aromatic carbocycles. The van der Waals surface area contributed by atoms with Crippen molar-refractivity contribution in [3.8, 4) is 17.6 Å². The summed E-state index contributed by atoms with van der Waals surface area (Å²) in [4.78, 5) is 12.4. The maximum atomic E-state index is 13.7. The van der Waals surface area contributed by atoms with Crippen LogP contribution in [0.25, 0.3) is 0 Å². The van der Waals surface area contributed by atoms with Gasteiger partial charge in [-0.15, -0.1) is 0 Å². The molecule has 0 aliphatic heterocycles. The lowest BCUT2D eigenvalue weighted by Crippen LogP contribution is -2.20. The minimum atomic E-state index is -0.714. The Morgan fingerprint density at radius 2 is 1.42 bits per heavy atom. The van der Waals surface area contributed by atoms with Crippen molar-refractivity contribution in [2.45, 2.75) is 103 Å². The zero-order valence-electron chi connectivity index (χ0n) is 23.1. The highest BCUT2D eigenvalue weighted by Crippen LogP contribution is 2.32. The summed E-state index contributed by atoms with van der Waals surface area (Å²) < 4.78 is 25.0. The minimum absolute atomic E-state index is 0.0654. The van der Waals surface area contributed by atoms with Crippen molar-refractivity contribution in [3.05, 3.63) is 59.4 Å². The van der Waals surface area contributed by atoms with Gasteiger partial charge in [-0.05, 0) is 61.1 Å². The topological polar surface area (TPSA) is 59.3 Å². The standard InChI is InChI=1S/C33H44FNO3/c1-2-3-4-5-6-7-8-9-10-11-12-26-13-15-27(16-14-26)25-37-30-20-17-28(18-21-30)33(36)38-31-22-19-29(24-35)32(34)23-31/h17-23,26-27H,2-16,25H2,1H3. The van der Waals surface area contributed by atoms with E-state index in [2.05, 4.69) is 6.92 Å². The Bertz CT molecular complexity index is 1010. The van der Waals surface area contributed by atoms with Crippen molar-refractivity contribution in [3.63, 3.8) is 0 Å². The molecule has 0 bridgehead atoms. The number of halogens is 1. The number of rotatable bonds is 16. The zero-order valence-corrected chi connectivity index (χ0v) is 23.1. The van der Waals surface area contributed by atoms with Gasteiger partial charge in [-0.1, -0.05) is 90.4 Å². The molecule has 5 heteroatoms. The largest absolute Gasteiger partial charge is 0.493 e. The summed E-state index contributed by atoms with van der Waals surface area (Å²) in [6, 6.07) is 12.3. The average Bonchev–Trinajstić information content (AvgIpc) is 2.94. The number of hydrogen-bond donors (Lipinski definition) is 0. The maximum absolute atomic E-state index is 13.7. The molecule has 1 fully saturated rings. The minimum Gasteiger partial charge on any atom is -0.493 e. The first-order valence-corrected chi connectivity index (χ1v) is 14.7. The first-order chi connectivity index (χ1) is 18.6. The quantitative estimate of drug-likeness (QED) is 0.125. The summed E-state index contributed by atoms with van der Waals surface area (Å²) in [6.45, 7) is 2.98. The van der Waals surface area contributed by atoms with E-state index in [0.29, 0.717) is 18.1 Å². The van der Waals surface area contributed by atoms with Gasteiger partial charge >= 0.3 is 5.97 Å². The predicted molar refractivity (Wildman–Crippen MR) is 150 cm³/mol. The van der Waals surface area contributed by atoms with Gasteiger partial charge in [-0.2, -0.15) is 5.26 Å². The third kappa shape index (κ3) is 10.5.